The van der Waals surface area contributed by atoms with E-state index in [0.717, 1.165) is 33.7 Å². The Morgan fingerprint density at radius 2 is 2.00 bits per heavy atom. The largest absolute Gasteiger partial charge is 0.454 e. The molecule has 0 fully saturated rings. The Bertz CT molecular complexity index is 851. The number of pyridine rings is 1. The van der Waals surface area contributed by atoms with Crippen LogP contribution in [0.4, 0.5) is 5.69 Å². The lowest BCUT2D eigenvalue weighted by Crippen LogP contribution is -2.00. The molecule has 1 aliphatic rings. The van der Waals surface area contributed by atoms with Crippen molar-refractivity contribution in [2.45, 2.75) is 6.54 Å². The monoisotopic (exact) mass is 312 g/mol. The zero-order chi connectivity index (χ0) is 14.9. The summed E-state index contributed by atoms with van der Waals surface area (Å²) in [6, 6.07) is 13.7. The van der Waals surface area contributed by atoms with Crippen LogP contribution in [0.3, 0.4) is 0 Å². The Morgan fingerprint density at radius 3 is 2.95 bits per heavy atom. The van der Waals surface area contributed by atoms with Crippen LogP contribution in [-0.2, 0) is 6.54 Å². The van der Waals surface area contributed by atoms with Gasteiger partial charge in [0.15, 0.2) is 11.5 Å². The molecule has 0 unspecified atom stereocenters. The molecule has 5 heteroatoms. The molecule has 1 aromatic heterocycles. The van der Waals surface area contributed by atoms with Gasteiger partial charge in [0.2, 0.25) is 6.79 Å². The number of aromatic nitrogens is 1. The summed E-state index contributed by atoms with van der Waals surface area (Å²) in [6.07, 6.45) is 1.72. The summed E-state index contributed by atoms with van der Waals surface area (Å²) in [5.74, 6) is 1.58. The maximum Gasteiger partial charge on any atom is 0.231 e. The van der Waals surface area contributed by atoms with Crippen molar-refractivity contribution in [3.63, 3.8) is 0 Å². The number of nitrogens with zero attached hydrogens (tertiary/aromatic N) is 1. The highest BCUT2D eigenvalue weighted by Crippen LogP contribution is 2.33. The topological polar surface area (TPSA) is 43.4 Å². The Balaban J connectivity index is 1.61. The zero-order valence-corrected chi connectivity index (χ0v) is 12.4. The smallest absolute Gasteiger partial charge is 0.231 e. The third kappa shape index (κ3) is 2.31. The number of rotatable bonds is 3. The molecule has 0 saturated heterocycles. The summed E-state index contributed by atoms with van der Waals surface area (Å²) >= 11 is 6.21. The van der Waals surface area contributed by atoms with Crippen molar-refractivity contribution in [2.75, 3.05) is 12.1 Å². The Morgan fingerprint density at radius 1 is 1.09 bits per heavy atom. The van der Waals surface area contributed by atoms with Gasteiger partial charge >= 0.3 is 0 Å². The van der Waals surface area contributed by atoms with Gasteiger partial charge in [-0.2, -0.15) is 0 Å². The van der Waals surface area contributed by atoms with Crippen LogP contribution in [0.2, 0.25) is 5.02 Å². The standard InChI is InChI=1S/C17H13ClN2O2/c18-13-6-7-19-17-12(13)2-1-3-14(17)20-9-11-4-5-15-16(8-11)22-10-21-15/h1-8,20H,9-10H2. The number of benzene rings is 2. The maximum atomic E-state index is 6.21. The molecule has 110 valence electrons. The van der Waals surface area contributed by atoms with Gasteiger partial charge in [-0.1, -0.05) is 29.8 Å². The van der Waals surface area contributed by atoms with E-state index < -0.39 is 0 Å². The normalized spacial score (nSPS) is 12.6. The van der Waals surface area contributed by atoms with Crippen molar-refractivity contribution in [1.82, 2.24) is 4.98 Å². The molecule has 22 heavy (non-hydrogen) atoms. The molecule has 0 radical (unpaired) electrons. The molecule has 2 heterocycles. The van der Waals surface area contributed by atoms with E-state index in [1.165, 1.54) is 0 Å². The Kier molecular flexibility index (Phi) is 3.24. The van der Waals surface area contributed by atoms with Gasteiger partial charge < -0.3 is 14.8 Å². The molecule has 0 atom stereocenters. The second kappa shape index (κ2) is 5.39. The number of fused-ring (bicyclic) bond motifs is 2. The van der Waals surface area contributed by atoms with Gasteiger partial charge in [-0.3, -0.25) is 4.98 Å². The summed E-state index contributed by atoms with van der Waals surface area (Å²) in [4.78, 5) is 4.42. The number of ether oxygens (including phenoxy) is 2. The van der Waals surface area contributed by atoms with E-state index in [1.54, 1.807) is 12.3 Å². The van der Waals surface area contributed by atoms with Crippen molar-refractivity contribution < 1.29 is 9.47 Å². The molecule has 2 aromatic carbocycles. The van der Waals surface area contributed by atoms with Crippen molar-refractivity contribution in [2.24, 2.45) is 0 Å². The summed E-state index contributed by atoms with van der Waals surface area (Å²) in [5.41, 5.74) is 2.94. The van der Waals surface area contributed by atoms with Crippen molar-refractivity contribution >= 4 is 28.2 Å². The highest BCUT2D eigenvalue weighted by molar-refractivity contribution is 6.35. The lowest BCUT2D eigenvalue weighted by atomic mass is 10.1. The third-order valence-electron chi connectivity index (χ3n) is 3.64. The lowest BCUT2D eigenvalue weighted by Gasteiger charge is -2.10. The summed E-state index contributed by atoms with van der Waals surface area (Å²) < 4.78 is 10.7. The van der Waals surface area contributed by atoms with Crippen molar-refractivity contribution in [1.29, 1.82) is 0 Å². The first-order valence-corrected chi connectivity index (χ1v) is 7.35. The van der Waals surface area contributed by atoms with Gasteiger partial charge in [-0.15, -0.1) is 0 Å². The predicted molar refractivity (Wildman–Crippen MR) is 86.6 cm³/mol. The van der Waals surface area contributed by atoms with Gasteiger partial charge in [0, 0.05) is 18.1 Å². The molecule has 0 amide bonds. The van der Waals surface area contributed by atoms with Gasteiger partial charge in [0.25, 0.3) is 0 Å². The number of anilines is 1. The lowest BCUT2D eigenvalue weighted by molar-refractivity contribution is 0.174. The second-order valence-electron chi connectivity index (χ2n) is 5.04. The fourth-order valence-corrected chi connectivity index (χ4v) is 2.74. The van der Waals surface area contributed by atoms with Crippen molar-refractivity contribution in [3.8, 4) is 11.5 Å². The highest BCUT2D eigenvalue weighted by Gasteiger charge is 2.13. The molecule has 3 aromatic rings. The minimum Gasteiger partial charge on any atom is -0.454 e. The van der Waals surface area contributed by atoms with E-state index in [1.807, 2.05) is 36.4 Å². The SMILES string of the molecule is Clc1ccnc2c(NCc3ccc4c(c3)OCO4)cccc12. The third-order valence-corrected chi connectivity index (χ3v) is 3.97. The van der Waals surface area contributed by atoms with Gasteiger partial charge in [-0.05, 0) is 29.8 Å². The van der Waals surface area contributed by atoms with Gasteiger partial charge in [0.05, 0.1) is 16.2 Å². The minimum absolute atomic E-state index is 0.290. The molecule has 0 bridgehead atoms. The molecular weight excluding hydrogens is 300 g/mol. The molecule has 4 nitrogen and oxygen atoms in total. The Hall–Kier alpha value is -2.46. The minimum atomic E-state index is 0.290. The molecule has 0 saturated carbocycles. The molecule has 0 aliphatic carbocycles. The average molecular weight is 313 g/mol. The van der Waals surface area contributed by atoms with E-state index in [9.17, 15) is 0 Å². The Labute approximate surface area is 132 Å². The highest BCUT2D eigenvalue weighted by atomic mass is 35.5. The fraction of sp³-hybridized carbons (Fsp3) is 0.118. The number of nitrogens with one attached hydrogen (secondary N) is 1. The van der Waals surface area contributed by atoms with Crippen LogP contribution in [0.1, 0.15) is 5.56 Å². The first kappa shape index (κ1) is 13.2. The van der Waals surface area contributed by atoms with Crippen LogP contribution in [0.5, 0.6) is 11.5 Å². The number of para-hydroxylation sites is 1. The molecule has 1 aliphatic heterocycles. The fourth-order valence-electron chi connectivity index (χ4n) is 2.53. The average Bonchev–Trinajstić information content (AvgIpc) is 3.01. The summed E-state index contributed by atoms with van der Waals surface area (Å²) in [6.45, 7) is 0.960. The number of halogens is 1. The zero-order valence-electron chi connectivity index (χ0n) is 11.7. The van der Waals surface area contributed by atoms with Crippen molar-refractivity contribution in [3.05, 3.63) is 59.2 Å². The first-order chi connectivity index (χ1) is 10.8. The quantitative estimate of drug-likeness (QED) is 0.786. The van der Waals surface area contributed by atoms with Crippen LogP contribution in [-0.4, -0.2) is 11.8 Å². The predicted octanol–water partition coefficient (Wildman–Crippen LogP) is 4.23. The second-order valence-corrected chi connectivity index (χ2v) is 5.44. The van der Waals surface area contributed by atoms with Crippen LogP contribution >= 0.6 is 11.6 Å². The summed E-state index contributed by atoms with van der Waals surface area (Å²) in [7, 11) is 0. The van der Waals surface area contributed by atoms with E-state index in [0.29, 0.717) is 11.6 Å². The van der Waals surface area contributed by atoms with Crippen LogP contribution in [0, 0.1) is 0 Å². The maximum absolute atomic E-state index is 6.21. The molecule has 4 rings (SSSR count). The molecular formula is C17H13ClN2O2. The van der Waals surface area contributed by atoms with E-state index >= 15 is 0 Å². The van der Waals surface area contributed by atoms with E-state index in [2.05, 4.69) is 10.3 Å². The van der Waals surface area contributed by atoms with E-state index in [4.69, 9.17) is 21.1 Å². The van der Waals surface area contributed by atoms with E-state index in [-0.39, 0.29) is 6.79 Å². The number of hydrogen-bond donors (Lipinski definition) is 1. The molecule has 0 spiro atoms. The summed E-state index contributed by atoms with van der Waals surface area (Å²) in [5, 5.41) is 5.05. The number of hydrogen-bond acceptors (Lipinski definition) is 4. The first-order valence-electron chi connectivity index (χ1n) is 6.97. The van der Waals surface area contributed by atoms with Gasteiger partial charge in [0.1, 0.15) is 0 Å². The van der Waals surface area contributed by atoms with Crippen LogP contribution < -0.4 is 14.8 Å². The van der Waals surface area contributed by atoms with Crippen LogP contribution in [0.25, 0.3) is 10.9 Å². The van der Waals surface area contributed by atoms with Gasteiger partial charge in [-0.25, -0.2) is 0 Å². The van der Waals surface area contributed by atoms with Crippen LogP contribution in [0.15, 0.2) is 48.7 Å². The molecule has 1 N–H and O–H groups in total.